The monoisotopic (exact) mass is 240 g/mol. The minimum atomic E-state index is 0.0202. The van der Waals surface area contributed by atoms with Crippen LogP contribution in [0.25, 0.3) is 0 Å². The summed E-state index contributed by atoms with van der Waals surface area (Å²) in [4.78, 5) is 13.4. The number of fused-ring (bicyclic) bond motifs is 1. The summed E-state index contributed by atoms with van der Waals surface area (Å²) in [6.45, 7) is 0.906. The van der Waals surface area contributed by atoms with E-state index in [9.17, 15) is 4.79 Å². The zero-order valence-corrected chi connectivity index (χ0v) is 9.75. The van der Waals surface area contributed by atoms with Crippen molar-refractivity contribution in [1.29, 1.82) is 0 Å². The molecule has 0 bridgehead atoms. The molecule has 0 aromatic heterocycles. The summed E-state index contributed by atoms with van der Waals surface area (Å²) < 4.78 is 5.24. The number of nitrogens with two attached hydrogens (primary N) is 1. The molecule has 0 saturated heterocycles. The van der Waals surface area contributed by atoms with Crippen LogP contribution in [0.3, 0.4) is 0 Å². The normalized spacial score (nSPS) is 14.2. The van der Waals surface area contributed by atoms with E-state index in [0.717, 1.165) is 11.3 Å². The molecule has 5 heteroatoms. The molecule has 0 fully saturated rings. The molecule has 0 radical (unpaired) electrons. The Hall–Kier alpha value is -1.26. The first kappa shape index (κ1) is 11.2. The molecule has 0 unspecified atom stereocenters. The molecule has 4 nitrogen and oxygen atoms in total. The van der Waals surface area contributed by atoms with Gasteiger partial charge in [-0.2, -0.15) is 0 Å². The molecule has 1 heterocycles. The lowest BCUT2D eigenvalue weighted by Gasteiger charge is -2.19. The Morgan fingerprint density at radius 1 is 1.56 bits per heavy atom. The molecule has 1 aromatic carbocycles. The predicted octanol–water partition coefficient (Wildman–Crippen LogP) is 1.20. The van der Waals surface area contributed by atoms with Gasteiger partial charge in [0.25, 0.3) is 0 Å². The van der Waals surface area contributed by atoms with Gasteiger partial charge in [-0.3, -0.25) is 4.79 Å². The minimum Gasteiger partial charge on any atom is -0.495 e. The largest absolute Gasteiger partial charge is 0.495 e. The Balaban J connectivity index is 2.53. The SMILES string of the molecule is COc1ccc(Cl)c2c1N(CCN)C(=O)C2. The van der Waals surface area contributed by atoms with Crippen LogP contribution in [-0.4, -0.2) is 26.1 Å². The molecule has 1 aliphatic heterocycles. The summed E-state index contributed by atoms with van der Waals surface area (Å²) in [5, 5.41) is 0.601. The minimum absolute atomic E-state index is 0.0202. The average molecular weight is 241 g/mol. The smallest absolute Gasteiger partial charge is 0.231 e. The quantitative estimate of drug-likeness (QED) is 0.864. The second kappa shape index (κ2) is 4.31. The van der Waals surface area contributed by atoms with Crippen LogP contribution in [0.4, 0.5) is 5.69 Å². The van der Waals surface area contributed by atoms with Crippen LogP contribution < -0.4 is 15.4 Å². The zero-order valence-electron chi connectivity index (χ0n) is 9.00. The highest BCUT2D eigenvalue weighted by atomic mass is 35.5. The predicted molar refractivity (Wildman–Crippen MR) is 63.1 cm³/mol. The second-order valence-corrected chi connectivity index (χ2v) is 3.99. The van der Waals surface area contributed by atoms with Gasteiger partial charge < -0.3 is 15.4 Å². The molecule has 86 valence electrons. The summed E-state index contributed by atoms with van der Waals surface area (Å²) in [6.07, 6.45) is 0.325. The first-order chi connectivity index (χ1) is 7.69. The van der Waals surface area contributed by atoms with E-state index in [4.69, 9.17) is 22.1 Å². The number of anilines is 1. The van der Waals surface area contributed by atoms with Gasteiger partial charge in [0.1, 0.15) is 5.75 Å². The maximum absolute atomic E-state index is 11.8. The molecule has 1 aliphatic rings. The van der Waals surface area contributed by atoms with Crippen molar-refractivity contribution in [2.45, 2.75) is 6.42 Å². The van der Waals surface area contributed by atoms with E-state index in [1.165, 1.54) is 0 Å². The summed E-state index contributed by atoms with van der Waals surface area (Å²) >= 11 is 6.06. The van der Waals surface area contributed by atoms with Crippen molar-refractivity contribution >= 4 is 23.2 Å². The number of halogens is 1. The molecule has 1 amide bonds. The molecule has 0 spiro atoms. The van der Waals surface area contributed by atoms with Gasteiger partial charge in [-0.25, -0.2) is 0 Å². The maximum atomic E-state index is 11.8. The summed E-state index contributed by atoms with van der Waals surface area (Å²) in [6, 6.07) is 3.52. The number of nitrogens with zero attached hydrogens (tertiary/aromatic N) is 1. The zero-order chi connectivity index (χ0) is 11.7. The van der Waals surface area contributed by atoms with Crippen LogP contribution in [0.5, 0.6) is 5.75 Å². The second-order valence-electron chi connectivity index (χ2n) is 3.59. The number of ether oxygens (including phenoxy) is 1. The van der Waals surface area contributed by atoms with Gasteiger partial charge in [0.05, 0.1) is 19.2 Å². The van der Waals surface area contributed by atoms with E-state index in [1.807, 2.05) is 0 Å². The van der Waals surface area contributed by atoms with Gasteiger partial charge >= 0.3 is 0 Å². The van der Waals surface area contributed by atoms with Crippen LogP contribution in [0.1, 0.15) is 5.56 Å². The number of methoxy groups -OCH3 is 1. The summed E-state index contributed by atoms with van der Waals surface area (Å²) in [5.74, 6) is 0.686. The van der Waals surface area contributed by atoms with Crippen LogP contribution in [0, 0.1) is 0 Å². The van der Waals surface area contributed by atoms with Crippen molar-refractivity contribution in [3.8, 4) is 5.75 Å². The highest BCUT2D eigenvalue weighted by Gasteiger charge is 2.31. The van der Waals surface area contributed by atoms with E-state index >= 15 is 0 Å². The van der Waals surface area contributed by atoms with Crippen molar-refractivity contribution in [3.63, 3.8) is 0 Å². The number of rotatable bonds is 3. The number of hydrogen-bond donors (Lipinski definition) is 1. The number of carbonyl (C=O) groups is 1. The maximum Gasteiger partial charge on any atom is 0.231 e. The first-order valence-electron chi connectivity index (χ1n) is 5.04. The Morgan fingerprint density at radius 2 is 2.31 bits per heavy atom. The molecular weight excluding hydrogens is 228 g/mol. The van der Waals surface area contributed by atoms with Crippen molar-refractivity contribution in [2.24, 2.45) is 5.73 Å². The van der Waals surface area contributed by atoms with Gasteiger partial charge in [-0.15, -0.1) is 0 Å². The average Bonchev–Trinajstić information content (AvgIpc) is 2.59. The third-order valence-electron chi connectivity index (χ3n) is 2.66. The van der Waals surface area contributed by atoms with Gasteiger partial charge in [0.2, 0.25) is 5.91 Å². The highest BCUT2D eigenvalue weighted by Crippen LogP contribution is 2.41. The van der Waals surface area contributed by atoms with E-state index in [1.54, 1.807) is 24.1 Å². The van der Waals surface area contributed by atoms with Crippen LogP contribution in [0.2, 0.25) is 5.02 Å². The summed E-state index contributed by atoms with van der Waals surface area (Å²) in [5.41, 5.74) is 7.09. The molecule has 2 N–H and O–H groups in total. The fourth-order valence-electron chi connectivity index (χ4n) is 1.96. The van der Waals surface area contributed by atoms with E-state index in [0.29, 0.717) is 30.3 Å². The van der Waals surface area contributed by atoms with Crippen molar-refractivity contribution in [3.05, 3.63) is 22.7 Å². The molecule has 2 rings (SSSR count). The van der Waals surface area contributed by atoms with E-state index in [2.05, 4.69) is 0 Å². The van der Waals surface area contributed by atoms with Crippen LogP contribution in [-0.2, 0) is 11.2 Å². The Bertz CT molecular complexity index is 434. The van der Waals surface area contributed by atoms with Crippen molar-refractivity contribution < 1.29 is 9.53 Å². The van der Waals surface area contributed by atoms with Gasteiger partial charge in [-0.05, 0) is 12.1 Å². The summed E-state index contributed by atoms with van der Waals surface area (Å²) in [7, 11) is 1.58. The van der Waals surface area contributed by atoms with Gasteiger partial charge in [-0.1, -0.05) is 11.6 Å². The molecule has 0 aliphatic carbocycles. The van der Waals surface area contributed by atoms with Gasteiger partial charge in [0, 0.05) is 23.7 Å². The van der Waals surface area contributed by atoms with Crippen LogP contribution >= 0.6 is 11.6 Å². The number of amides is 1. The Labute approximate surface area is 98.9 Å². The fourth-order valence-corrected chi connectivity index (χ4v) is 2.18. The van der Waals surface area contributed by atoms with Gasteiger partial charge in [0.15, 0.2) is 0 Å². The highest BCUT2D eigenvalue weighted by molar-refractivity contribution is 6.32. The molecule has 0 saturated carbocycles. The lowest BCUT2D eigenvalue weighted by molar-refractivity contribution is -0.117. The molecule has 16 heavy (non-hydrogen) atoms. The number of benzene rings is 1. The van der Waals surface area contributed by atoms with Crippen LogP contribution in [0.15, 0.2) is 12.1 Å². The van der Waals surface area contributed by atoms with E-state index < -0.39 is 0 Å². The third kappa shape index (κ3) is 1.64. The molecular formula is C11H13ClN2O2. The number of hydrogen-bond acceptors (Lipinski definition) is 3. The Morgan fingerprint density at radius 3 is 2.94 bits per heavy atom. The Kier molecular flexibility index (Phi) is 3.03. The molecule has 1 aromatic rings. The van der Waals surface area contributed by atoms with Crippen molar-refractivity contribution in [2.75, 3.05) is 25.1 Å². The van der Waals surface area contributed by atoms with Crippen molar-refractivity contribution in [1.82, 2.24) is 0 Å². The third-order valence-corrected chi connectivity index (χ3v) is 3.01. The standard InChI is InChI=1S/C11H13ClN2O2/c1-16-9-3-2-8(12)7-6-10(15)14(5-4-13)11(7)9/h2-3H,4-6,13H2,1H3. The lowest BCUT2D eigenvalue weighted by atomic mass is 10.1. The van der Waals surface area contributed by atoms with E-state index in [-0.39, 0.29) is 5.91 Å². The molecule has 0 atom stereocenters. The first-order valence-corrected chi connectivity index (χ1v) is 5.42. The topological polar surface area (TPSA) is 55.6 Å². The number of carbonyl (C=O) groups excluding carboxylic acids is 1. The fraction of sp³-hybridized carbons (Fsp3) is 0.364. The lowest BCUT2D eigenvalue weighted by Crippen LogP contribution is -2.32.